The fraction of sp³-hybridized carbons (Fsp3) is 0.300. The Hall–Kier alpha value is -3.50. The Morgan fingerprint density at radius 2 is 2.03 bits per heavy atom. The number of aryl methyl sites for hydroxylation is 1. The third-order valence-electron chi connectivity index (χ3n) is 4.80. The molecule has 2 aromatic heterocycles. The Bertz CT molecular complexity index is 1130. The molecule has 4 rings (SSSR count). The average molecular weight is 435 g/mol. The molecule has 1 aliphatic heterocycles. The molecule has 0 spiro atoms. The summed E-state index contributed by atoms with van der Waals surface area (Å²) in [6.07, 6.45) is -2.50. The normalized spacial score (nSPS) is 13.6. The van der Waals surface area contributed by atoms with E-state index in [1.807, 2.05) is 0 Å². The van der Waals surface area contributed by atoms with Crippen molar-refractivity contribution in [2.24, 2.45) is 7.05 Å². The number of hydrogen-bond acceptors (Lipinski definition) is 5. The average Bonchev–Trinajstić information content (AvgIpc) is 3.27. The molecule has 0 aliphatic carbocycles. The van der Waals surface area contributed by atoms with Crippen LogP contribution in [-0.4, -0.2) is 43.6 Å². The second-order valence-electron chi connectivity index (χ2n) is 7.11. The van der Waals surface area contributed by atoms with E-state index < -0.39 is 30.9 Å². The van der Waals surface area contributed by atoms with Gasteiger partial charge in [-0.15, -0.1) is 5.10 Å². The number of carbonyl (C=O) groups is 1. The van der Waals surface area contributed by atoms with E-state index >= 15 is 0 Å². The van der Waals surface area contributed by atoms with Crippen molar-refractivity contribution >= 4 is 5.91 Å². The standard InChI is InChI=1S/C20H17F4N5O2/c1-28-11-16(26-27-28)12-2-3-13(15(21)8-12)9-29-10-14-4-6-25-18(17(14)19(29)30)31-7-5-20(22,23)24/h2-4,6,8,11H,5,7,9-10H2,1H3. The largest absolute Gasteiger partial charge is 0.477 e. The van der Waals surface area contributed by atoms with Crippen LogP contribution in [0.3, 0.4) is 0 Å². The predicted molar refractivity (Wildman–Crippen MR) is 100 cm³/mol. The molecule has 0 N–H and O–H groups in total. The van der Waals surface area contributed by atoms with Crippen LogP contribution in [0.25, 0.3) is 11.3 Å². The van der Waals surface area contributed by atoms with Gasteiger partial charge in [-0.25, -0.2) is 9.37 Å². The molecule has 3 heterocycles. The van der Waals surface area contributed by atoms with Crippen LogP contribution in [0.2, 0.25) is 0 Å². The number of aromatic nitrogens is 4. The Kier molecular flexibility index (Phi) is 5.34. The molecule has 0 atom stereocenters. The molecule has 0 unspecified atom stereocenters. The van der Waals surface area contributed by atoms with Gasteiger partial charge in [0.1, 0.15) is 17.1 Å². The number of benzene rings is 1. The minimum absolute atomic E-state index is 0.0118. The highest BCUT2D eigenvalue weighted by molar-refractivity contribution is 6.00. The molecule has 3 aromatic rings. The molecule has 7 nitrogen and oxygen atoms in total. The first-order chi connectivity index (χ1) is 14.7. The summed E-state index contributed by atoms with van der Waals surface area (Å²) in [5, 5.41) is 7.75. The van der Waals surface area contributed by atoms with Gasteiger partial charge in [-0.05, 0) is 17.7 Å². The number of hydrogen-bond donors (Lipinski definition) is 0. The lowest BCUT2D eigenvalue weighted by molar-refractivity contribution is -0.139. The van der Waals surface area contributed by atoms with Gasteiger partial charge in [0.2, 0.25) is 5.88 Å². The van der Waals surface area contributed by atoms with Gasteiger partial charge < -0.3 is 9.64 Å². The van der Waals surface area contributed by atoms with Crippen LogP contribution in [0.4, 0.5) is 17.6 Å². The fourth-order valence-corrected chi connectivity index (χ4v) is 3.30. The zero-order chi connectivity index (χ0) is 22.2. The van der Waals surface area contributed by atoms with Gasteiger partial charge >= 0.3 is 6.18 Å². The Morgan fingerprint density at radius 1 is 1.23 bits per heavy atom. The lowest BCUT2D eigenvalue weighted by atomic mass is 10.1. The van der Waals surface area contributed by atoms with Crippen LogP contribution in [0, 0.1) is 5.82 Å². The van der Waals surface area contributed by atoms with E-state index in [-0.39, 0.29) is 24.5 Å². The summed E-state index contributed by atoms with van der Waals surface area (Å²) in [6.45, 7) is -0.474. The first-order valence-electron chi connectivity index (χ1n) is 9.33. The molecular formula is C20H17F4N5O2. The van der Waals surface area contributed by atoms with Gasteiger partial charge in [0.05, 0.1) is 19.2 Å². The van der Waals surface area contributed by atoms with E-state index in [1.54, 1.807) is 31.4 Å². The number of pyridine rings is 1. The van der Waals surface area contributed by atoms with E-state index in [2.05, 4.69) is 15.3 Å². The maximum atomic E-state index is 14.7. The minimum Gasteiger partial charge on any atom is -0.477 e. The summed E-state index contributed by atoms with van der Waals surface area (Å²) in [6, 6.07) is 6.16. The van der Waals surface area contributed by atoms with Crippen molar-refractivity contribution in [1.29, 1.82) is 0 Å². The molecule has 0 radical (unpaired) electrons. The molecule has 1 aromatic carbocycles. The molecule has 0 saturated heterocycles. The van der Waals surface area contributed by atoms with Crippen LogP contribution < -0.4 is 4.74 Å². The molecule has 0 saturated carbocycles. The third-order valence-corrected chi connectivity index (χ3v) is 4.80. The molecule has 1 aliphatic rings. The van der Waals surface area contributed by atoms with E-state index in [0.717, 1.165) is 0 Å². The van der Waals surface area contributed by atoms with E-state index in [4.69, 9.17) is 4.74 Å². The summed E-state index contributed by atoms with van der Waals surface area (Å²) >= 11 is 0. The number of alkyl halides is 3. The number of amides is 1. The number of carbonyl (C=O) groups excluding carboxylic acids is 1. The first kappa shape index (κ1) is 20.8. The van der Waals surface area contributed by atoms with Crippen molar-refractivity contribution in [2.45, 2.75) is 25.7 Å². The van der Waals surface area contributed by atoms with Crippen LogP contribution in [0.1, 0.15) is 27.9 Å². The third kappa shape index (κ3) is 4.49. The van der Waals surface area contributed by atoms with Crippen molar-refractivity contribution in [1.82, 2.24) is 24.9 Å². The summed E-state index contributed by atoms with van der Waals surface area (Å²) in [5.41, 5.74) is 2.04. The lowest BCUT2D eigenvalue weighted by Gasteiger charge is -2.16. The topological polar surface area (TPSA) is 73.1 Å². The summed E-state index contributed by atoms with van der Waals surface area (Å²) in [4.78, 5) is 18.1. The summed E-state index contributed by atoms with van der Waals surface area (Å²) in [7, 11) is 1.70. The SMILES string of the molecule is Cn1cc(-c2ccc(CN3Cc4ccnc(OCCC(F)(F)F)c4C3=O)c(F)c2)nn1. The number of halogens is 4. The van der Waals surface area contributed by atoms with Crippen molar-refractivity contribution in [2.75, 3.05) is 6.61 Å². The van der Waals surface area contributed by atoms with E-state index in [0.29, 0.717) is 22.4 Å². The second kappa shape index (κ2) is 7.97. The zero-order valence-electron chi connectivity index (χ0n) is 16.4. The second-order valence-corrected chi connectivity index (χ2v) is 7.11. The number of fused-ring (bicyclic) bond motifs is 1. The number of rotatable bonds is 6. The maximum Gasteiger partial charge on any atom is 0.392 e. The highest BCUT2D eigenvalue weighted by atomic mass is 19.4. The number of nitrogens with zero attached hydrogens (tertiary/aromatic N) is 5. The van der Waals surface area contributed by atoms with Gasteiger partial charge in [-0.3, -0.25) is 9.48 Å². The van der Waals surface area contributed by atoms with Crippen LogP contribution >= 0.6 is 0 Å². The van der Waals surface area contributed by atoms with E-state index in [9.17, 15) is 22.4 Å². The molecule has 162 valence electrons. The van der Waals surface area contributed by atoms with Crippen molar-refractivity contribution < 1.29 is 27.1 Å². The fourth-order valence-electron chi connectivity index (χ4n) is 3.30. The lowest BCUT2D eigenvalue weighted by Crippen LogP contribution is -2.24. The van der Waals surface area contributed by atoms with Gasteiger partial charge in [0.15, 0.2) is 0 Å². The van der Waals surface area contributed by atoms with Crippen LogP contribution in [0.5, 0.6) is 5.88 Å². The Labute approximate surface area is 174 Å². The highest BCUT2D eigenvalue weighted by Gasteiger charge is 2.33. The molecule has 0 fully saturated rings. The highest BCUT2D eigenvalue weighted by Crippen LogP contribution is 2.31. The number of ether oxygens (including phenoxy) is 1. The van der Waals surface area contributed by atoms with Crippen molar-refractivity contribution in [3.8, 4) is 17.1 Å². The molecule has 0 bridgehead atoms. The Morgan fingerprint density at radius 3 is 2.71 bits per heavy atom. The maximum absolute atomic E-state index is 14.7. The molecule has 1 amide bonds. The molecular weight excluding hydrogens is 418 g/mol. The molecule has 11 heteroatoms. The van der Waals surface area contributed by atoms with Gasteiger partial charge in [0.25, 0.3) is 5.91 Å². The quantitative estimate of drug-likeness (QED) is 0.554. The van der Waals surface area contributed by atoms with Gasteiger partial charge in [0, 0.05) is 37.5 Å². The van der Waals surface area contributed by atoms with Crippen molar-refractivity contribution in [3.63, 3.8) is 0 Å². The molecule has 31 heavy (non-hydrogen) atoms. The minimum atomic E-state index is -4.37. The van der Waals surface area contributed by atoms with Crippen LogP contribution in [-0.2, 0) is 20.1 Å². The smallest absolute Gasteiger partial charge is 0.392 e. The Balaban J connectivity index is 1.49. The van der Waals surface area contributed by atoms with Gasteiger partial charge in [-0.1, -0.05) is 17.3 Å². The zero-order valence-corrected chi connectivity index (χ0v) is 16.4. The van der Waals surface area contributed by atoms with Crippen molar-refractivity contribution in [3.05, 3.63) is 59.2 Å². The van der Waals surface area contributed by atoms with E-state index in [1.165, 1.54) is 21.8 Å². The van der Waals surface area contributed by atoms with Crippen LogP contribution in [0.15, 0.2) is 36.7 Å². The van der Waals surface area contributed by atoms with Gasteiger partial charge in [-0.2, -0.15) is 13.2 Å². The predicted octanol–water partition coefficient (Wildman–Crippen LogP) is 3.50. The monoisotopic (exact) mass is 435 g/mol. The first-order valence-corrected chi connectivity index (χ1v) is 9.33. The summed E-state index contributed by atoms with van der Waals surface area (Å²) < 4.78 is 58.4. The summed E-state index contributed by atoms with van der Waals surface area (Å²) in [5.74, 6) is -1.12.